The first-order chi connectivity index (χ1) is 15.2. The average molecular weight is 441 g/mol. The van der Waals surface area contributed by atoms with Gasteiger partial charge in [-0.2, -0.15) is 0 Å². The SMILES string of the molecule is CC12CCC3CC(OC(=O)c4ccccc4)C4C(CO)(C(=O)O)CCCC4(C)C3(CC1)C2. The third kappa shape index (κ3) is 2.85. The number of ether oxygens (including phenoxy) is 1. The summed E-state index contributed by atoms with van der Waals surface area (Å²) in [4.78, 5) is 25.8. The zero-order chi connectivity index (χ0) is 22.8. The molecule has 174 valence electrons. The summed E-state index contributed by atoms with van der Waals surface area (Å²) < 4.78 is 6.18. The quantitative estimate of drug-likeness (QED) is 0.639. The lowest BCUT2D eigenvalue weighted by atomic mass is 9.37. The van der Waals surface area contributed by atoms with Crippen LogP contribution in [0.5, 0.6) is 0 Å². The molecule has 0 radical (unpaired) electrons. The van der Waals surface area contributed by atoms with Crippen LogP contribution in [-0.4, -0.2) is 34.9 Å². The van der Waals surface area contributed by atoms with Crippen LogP contribution in [0.4, 0.5) is 0 Å². The first kappa shape index (κ1) is 21.9. The van der Waals surface area contributed by atoms with Crippen molar-refractivity contribution in [3.8, 4) is 0 Å². The van der Waals surface area contributed by atoms with E-state index in [2.05, 4.69) is 13.8 Å². The van der Waals surface area contributed by atoms with Gasteiger partial charge in [-0.1, -0.05) is 38.5 Å². The molecule has 1 aromatic carbocycles. The number of aliphatic carboxylic acids is 1. The molecule has 7 atom stereocenters. The predicted molar refractivity (Wildman–Crippen MR) is 120 cm³/mol. The fourth-order valence-electron chi connectivity index (χ4n) is 8.94. The molecule has 32 heavy (non-hydrogen) atoms. The number of aliphatic hydroxyl groups is 1. The van der Waals surface area contributed by atoms with Crippen molar-refractivity contribution in [2.24, 2.45) is 33.5 Å². The summed E-state index contributed by atoms with van der Waals surface area (Å²) in [5.41, 5.74) is -0.622. The van der Waals surface area contributed by atoms with E-state index in [9.17, 15) is 19.8 Å². The molecule has 0 aliphatic heterocycles. The molecule has 2 N–H and O–H groups in total. The second-order valence-electron chi connectivity index (χ2n) is 11.8. The zero-order valence-electron chi connectivity index (χ0n) is 19.3. The van der Waals surface area contributed by atoms with E-state index in [0.29, 0.717) is 29.7 Å². The minimum atomic E-state index is -1.26. The maximum Gasteiger partial charge on any atom is 0.338 e. The lowest BCUT2D eigenvalue weighted by Gasteiger charge is -2.67. The Morgan fingerprint density at radius 2 is 1.81 bits per heavy atom. The van der Waals surface area contributed by atoms with Gasteiger partial charge < -0.3 is 14.9 Å². The van der Waals surface area contributed by atoms with E-state index in [1.165, 1.54) is 12.8 Å². The summed E-state index contributed by atoms with van der Waals surface area (Å²) in [7, 11) is 0. The molecular weight excluding hydrogens is 404 g/mol. The highest BCUT2D eigenvalue weighted by Crippen LogP contribution is 2.76. The van der Waals surface area contributed by atoms with E-state index in [1.54, 1.807) is 12.1 Å². The van der Waals surface area contributed by atoms with Crippen LogP contribution in [0.15, 0.2) is 30.3 Å². The van der Waals surface area contributed by atoms with Crippen molar-refractivity contribution in [3.63, 3.8) is 0 Å². The molecule has 4 saturated carbocycles. The Hall–Kier alpha value is -1.88. The van der Waals surface area contributed by atoms with Crippen molar-refractivity contribution >= 4 is 11.9 Å². The summed E-state index contributed by atoms with van der Waals surface area (Å²) in [6.07, 6.45) is 8.18. The molecule has 5 rings (SSSR count). The maximum atomic E-state index is 13.1. The number of benzene rings is 1. The molecule has 5 nitrogen and oxygen atoms in total. The van der Waals surface area contributed by atoms with Crippen LogP contribution in [0, 0.1) is 33.5 Å². The van der Waals surface area contributed by atoms with Crippen LogP contribution in [0.1, 0.15) is 82.0 Å². The molecule has 1 spiro atoms. The van der Waals surface area contributed by atoms with Gasteiger partial charge in [0, 0.05) is 5.92 Å². The third-order valence-corrected chi connectivity index (χ3v) is 10.4. The predicted octanol–water partition coefficient (Wildman–Crippen LogP) is 5.07. The van der Waals surface area contributed by atoms with Gasteiger partial charge in [0.15, 0.2) is 0 Å². The fourth-order valence-corrected chi connectivity index (χ4v) is 8.94. The van der Waals surface area contributed by atoms with Gasteiger partial charge >= 0.3 is 11.9 Å². The van der Waals surface area contributed by atoms with Crippen LogP contribution in [0.2, 0.25) is 0 Å². The van der Waals surface area contributed by atoms with Gasteiger partial charge in [0.05, 0.1) is 17.6 Å². The van der Waals surface area contributed by atoms with Crippen molar-refractivity contribution in [2.45, 2.75) is 77.7 Å². The standard InChI is InChI=1S/C27H36O5/c1-24-12-9-19-15-20(32-22(29)18-7-4-3-5-8-18)21-25(2,27(19,16-24)14-13-24)10-6-11-26(21,17-28)23(30)31/h3-5,7-8,19-21,28H,6,9-17H2,1-2H3,(H,30,31). The number of hydrogen-bond acceptors (Lipinski definition) is 4. The first-order valence-corrected chi connectivity index (χ1v) is 12.3. The van der Waals surface area contributed by atoms with Crippen molar-refractivity contribution in [2.75, 3.05) is 6.61 Å². The van der Waals surface area contributed by atoms with Gasteiger partial charge in [-0.3, -0.25) is 4.79 Å². The molecule has 5 heteroatoms. The van der Waals surface area contributed by atoms with Crippen molar-refractivity contribution in [1.82, 2.24) is 0 Å². The second kappa shape index (κ2) is 7.31. The molecule has 0 amide bonds. The normalized spacial score (nSPS) is 44.9. The highest BCUT2D eigenvalue weighted by Gasteiger charge is 2.72. The number of carbonyl (C=O) groups excluding carboxylic acids is 1. The lowest BCUT2D eigenvalue weighted by molar-refractivity contribution is -0.234. The zero-order valence-corrected chi connectivity index (χ0v) is 19.3. The average Bonchev–Trinajstić information content (AvgIpc) is 3.07. The monoisotopic (exact) mass is 440 g/mol. The molecule has 7 unspecified atom stereocenters. The summed E-state index contributed by atoms with van der Waals surface area (Å²) in [6.45, 7) is 4.27. The topological polar surface area (TPSA) is 83.8 Å². The van der Waals surface area contributed by atoms with Crippen LogP contribution in [0.3, 0.4) is 0 Å². The van der Waals surface area contributed by atoms with E-state index >= 15 is 0 Å². The van der Waals surface area contributed by atoms with Crippen LogP contribution < -0.4 is 0 Å². The summed E-state index contributed by atoms with van der Waals surface area (Å²) in [6, 6.07) is 8.97. The van der Waals surface area contributed by atoms with E-state index in [0.717, 1.165) is 32.1 Å². The van der Waals surface area contributed by atoms with Crippen LogP contribution in [0.25, 0.3) is 0 Å². The van der Waals surface area contributed by atoms with Gasteiger partial charge in [0.25, 0.3) is 0 Å². The minimum Gasteiger partial charge on any atom is -0.481 e. The molecule has 4 aliphatic rings. The van der Waals surface area contributed by atoms with Crippen molar-refractivity contribution in [3.05, 3.63) is 35.9 Å². The highest BCUT2D eigenvalue weighted by molar-refractivity contribution is 5.89. The summed E-state index contributed by atoms with van der Waals surface area (Å²) in [5.74, 6) is -1.27. The van der Waals surface area contributed by atoms with Gasteiger partial charge in [-0.25, -0.2) is 4.79 Å². The number of carboxylic acids is 1. The fraction of sp³-hybridized carbons (Fsp3) is 0.704. The molecule has 0 aromatic heterocycles. The molecule has 0 heterocycles. The molecule has 0 saturated heterocycles. The summed E-state index contributed by atoms with van der Waals surface area (Å²) >= 11 is 0. The number of fused-ring (bicyclic) bond motifs is 2. The second-order valence-corrected chi connectivity index (χ2v) is 11.8. The Morgan fingerprint density at radius 3 is 2.50 bits per heavy atom. The number of esters is 1. The minimum absolute atomic E-state index is 0.0800. The van der Waals surface area contributed by atoms with Gasteiger partial charge in [0.2, 0.25) is 0 Å². The van der Waals surface area contributed by atoms with Gasteiger partial charge in [-0.05, 0) is 85.7 Å². The van der Waals surface area contributed by atoms with Crippen LogP contribution >= 0.6 is 0 Å². The molecular formula is C27H36O5. The van der Waals surface area contributed by atoms with E-state index in [4.69, 9.17) is 4.74 Å². The Bertz CT molecular complexity index is 914. The van der Waals surface area contributed by atoms with E-state index < -0.39 is 24.1 Å². The Morgan fingerprint density at radius 1 is 1.06 bits per heavy atom. The maximum absolute atomic E-state index is 13.1. The number of carbonyl (C=O) groups is 2. The van der Waals surface area contributed by atoms with Gasteiger partial charge in [0.1, 0.15) is 6.10 Å². The Kier molecular flexibility index (Phi) is 5.01. The molecule has 1 aromatic rings. The van der Waals surface area contributed by atoms with Crippen LogP contribution in [-0.2, 0) is 9.53 Å². The number of carboxylic acid groups (broad SMARTS) is 1. The number of rotatable bonds is 4. The molecule has 2 bridgehead atoms. The molecule has 4 fully saturated rings. The number of aliphatic hydroxyl groups excluding tert-OH is 1. The smallest absolute Gasteiger partial charge is 0.338 e. The highest BCUT2D eigenvalue weighted by atomic mass is 16.5. The Balaban J connectivity index is 1.60. The van der Waals surface area contributed by atoms with Crippen molar-refractivity contribution in [1.29, 1.82) is 0 Å². The van der Waals surface area contributed by atoms with Gasteiger partial charge in [-0.15, -0.1) is 0 Å². The molecule has 4 aliphatic carbocycles. The lowest BCUT2D eigenvalue weighted by Crippen LogP contribution is -2.67. The van der Waals surface area contributed by atoms with E-state index in [1.807, 2.05) is 18.2 Å². The Labute approximate surface area is 190 Å². The number of hydrogen-bond donors (Lipinski definition) is 2. The summed E-state index contributed by atoms with van der Waals surface area (Å²) in [5, 5.41) is 21.0. The largest absolute Gasteiger partial charge is 0.481 e. The third-order valence-electron chi connectivity index (χ3n) is 10.4. The van der Waals surface area contributed by atoms with E-state index in [-0.39, 0.29) is 22.7 Å². The first-order valence-electron chi connectivity index (χ1n) is 12.3. The van der Waals surface area contributed by atoms with Crippen molar-refractivity contribution < 1.29 is 24.5 Å².